The van der Waals surface area contributed by atoms with Crippen LogP contribution in [0.1, 0.15) is 29.8 Å². The Hall–Kier alpha value is -3.21. The minimum absolute atomic E-state index is 0.238. The van der Waals surface area contributed by atoms with Gasteiger partial charge in [0.2, 0.25) is 0 Å². The molecule has 1 heterocycles. The first-order chi connectivity index (χ1) is 13.0. The summed E-state index contributed by atoms with van der Waals surface area (Å²) in [6, 6.07) is 17.9. The van der Waals surface area contributed by atoms with Crippen molar-refractivity contribution in [2.24, 2.45) is 0 Å². The smallest absolute Gasteiger partial charge is 0.257 e. The highest BCUT2D eigenvalue weighted by atomic mass is 19.1. The molecule has 0 bridgehead atoms. The maximum absolute atomic E-state index is 13.0. The molecule has 0 spiro atoms. The zero-order valence-electron chi connectivity index (χ0n) is 15.4. The van der Waals surface area contributed by atoms with Gasteiger partial charge in [0.05, 0.1) is 17.4 Å². The van der Waals surface area contributed by atoms with Gasteiger partial charge in [-0.05, 0) is 49.7 Å². The second-order valence-corrected chi connectivity index (χ2v) is 6.60. The molecule has 5 heteroatoms. The van der Waals surface area contributed by atoms with E-state index in [1.54, 1.807) is 6.20 Å². The van der Waals surface area contributed by atoms with Gasteiger partial charge in [-0.3, -0.25) is 9.78 Å². The third kappa shape index (κ3) is 4.91. The monoisotopic (exact) mass is 363 g/mol. The molecule has 0 fully saturated rings. The summed E-state index contributed by atoms with van der Waals surface area (Å²) in [5.41, 5.74) is 3.06. The number of pyridine rings is 1. The topological polar surface area (TPSA) is 45.2 Å². The molecule has 0 saturated heterocycles. The fraction of sp³-hybridized carbons (Fsp3) is 0.182. The van der Waals surface area contributed by atoms with Gasteiger partial charge in [0.15, 0.2) is 0 Å². The Morgan fingerprint density at radius 3 is 2.44 bits per heavy atom. The Bertz CT molecular complexity index is 895. The molecule has 2 aromatic carbocycles. The Morgan fingerprint density at radius 2 is 1.78 bits per heavy atom. The lowest BCUT2D eigenvalue weighted by molar-refractivity contribution is 0.102. The van der Waals surface area contributed by atoms with Gasteiger partial charge in [-0.15, -0.1) is 0 Å². The zero-order valence-corrected chi connectivity index (χ0v) is 15.4. The third-order valence-electron chi connectivity index (χ3n) is 4.24. The van der Waals surface area contributed by atoms with E-state index in [0.717, 1.165) is 12.2 Å². The molecular weight excluding hydrogens is 341 g/mol. The quantitative estimate of drug-likeness (QED) is 0.678. The molecule has 0 aliphatic heterocycles. The van der Waals surface area contributed by atoms with E-state index < -0.39 is 0 Å². The van der Waals surface area contributed by atoms with Crippen molar-refractivity contribution < 1.29 is 9.18 Å². The number of benzene rings is 2. The molecular formula is C22H22FN3O. The van der Waals surface area contributed by atoms with Crippen molar-refractivity contribution >= 4 is 17.3 Å². The zero-order chi connectivity index (χ0) is 19.2. The average molecular weight is 363 g/mol. The van der Waals surface area contributed by atoms with Crippen LogP contribution in [0.3, 0.4) is 0 Å². The van der Waals surface area contributed by atoms with E-state index in [2.05, 4.69) is 41.2 Å². The number of carbonyl (C=O) groups is 1. The molecule has 0 aliphatic carbocycles. The van der Waals surface area contributed by atoms with Crippen LogP contribution >= 0.6 is 0 Å². The highest BCUT2D eigenvalue weighted by molar-refractivity contribution is 6.04. The number of rotatable bonds is 6. The Labute approximate surface area is 158 Å². The van der Waals surface area contributed by atoms with Crippen LogP contribution in [0.25, 0.3) is 0 Å². The SMILES string of the molecule is CC(C)N(Cc1ccccc1)c1cncc(C(=O)Nc2ccc(F)cc2)c1. The van der Waals surface area contributed by atoms with Crippen molar-refractivity contribution in [3.63, 3.8) is 0 Å². The average Bonchev–Trinajstić information content (AvgIpc) is 2.68. The lowest BCUT2D eigenvalue weighted by Gasteiger charge is -2.29. The first kappa shape index (κ1) is 18.6. The molecule has 1 aromatic heterocycles. The van der Waals surface area contributed by atoms with Gasteiger partial charge in [0.25, 0.3) is 5.91 Å². The lowest BCUT2D eigenvalue weighted by Crippen LogP contribution is -2.30. The number of halogens is 1. The van der Waals surface area contributed by atoms with E-state index in [0.29, 0.717) is 11.3 Å². The summed E-state index contributed by atoms with van der Waals surface area (Å²) in [7, 11) is 0. The summed E-state index contributed by atoms with van der Waals surface area (Å²) in [6.45, 7) is 4.94. The molecule has 0 unspecified atom stereocenters. The summed E-state index contributed by atoms with van der Waals surface area (Å²) in [6.07, 6.45) is 3.29. The van der Waals surface area contributed by atoms with Gasteiger partial charge >= 0.3 is 0 Å². The van der Waals surface area contributed by atoms with E-state index >= 15 is 0 Å². The molecule has 3 aromatic rings. The number of hydrogen-bond donors (Lipinski definition) is 1. The van der Waals surface area contributed by atoms with Crippen LogP contribution in [0.15, 0.2) is 73.1 Å². The van der Waals surface area contributed by atoms with Crippen molar-refractivity contribution in [3.05, 3.63) is 90.0 Å². The van der Waals surface area contributed by atoms with Gasteiger partial charge in [0.1, 0.15) is 5.82 Å². The van der Waals surface area contributed by atoms with Crippen molar-refractivity contribution in [1.29, 1.82) is 0 Å². The predicted octanol–water partition coefficient (Wildman–Crippen LogP) is 4.89. The maximum Gasteiger partial charge on any atom is 0.257 e. The fourth-order valence-corrected chi connectivity index (χ4v) is 2.80. The standard InChI is InChI=1S/C22H22FN3O/c1-16(2)26(15-17-6-4-3-5-7-17)21-12-18(13-24-14-21)22(27)25-20-10-8-19(23)9-11-20/h3-14,16H,15H2,1-2H3,(H,25,27). The minimum Gasteiger partial charge on any atom is -0.364 e. The first-order valence-electron chi connectivity index (χ1n) is 8.85. The van der Waals surface area contributed by atoms with Gasteiger partial charge in [0, 0.05) is 24.5 Å². The number of nitrogens with zero attached hydrogens (tertiary/aromatic N) is 2. The summed E-state index contributed by atoms with van der Waals surface area (Å²) in [5.74, 6) is -0.621. The molecule has 3 rings (SSSR count). The molecule has 1 N–H and O–H groups in total. The summed E-state index contributed by atoms with van der Waals surface area (Å²) in [4.78, 5) is 19.0. The van der Waals surface area contributed by atoms with Gasteiger partial charge in [-0.25, -0.2) is 4.39 Å². The van der Waals surface area contributed by atoms with E-state index in [1.165, 1.54) is 36.0 Å². The molecule has 0 atom stereocenters. The number of hydrogen-bond acceptors (Lipinski definition) is 3. The number of aromatic nitrogens is 1. The second kappa shape index (κ2) is 8.45. The first-order valence-corrected chi connectivity index (χ1v) is 8.85. The van der Waals surface area contributed by atoms with E-state index in [-0.39, 0.29) is 17.8 Å². The van der Waals surface area contributed by atoms with E-state index in [1.807, 2.05) is 24.3 Å². The van der Waals surface area contributed by atoms with Crippen LogP contribution in [-0.4, -0.2) is 16.9 Å². The van der Waals surface area contributed by atoms with Crippen LogP contribution in [0, 0.1) is 5.82 Å². The molecule has 0 aliphatic rings. The Morgan fingerprint density at radius 1 is 1.07 bits per heavy atom. The van der Waals surface area contributed by atoms with Gasteiger partial charge in [-0.1, -0.05) is 30.3 Å². The van der Waals surface area contributed by atoms with Crippen LogP contribution < -0.4 is 10.2 Å². The molecule has 138 valence electrons. The van der Waals surface area contributed by atoms with Crippen LogP contribution in [0.4, 0.5) is 15.8 Å². The molecule has 1 amide bonds. The van der Waals surface area contributed by atoms with Gasteiger partial charge < -0.3 is 10.2 Å². The van der Waals surface area contributed by atoms with E-state index in [4.69, 9.17) is 0 Å². The Kier molecular flexibility index (Phi) is 5.81. The van der Waals surface area contributed by atoms with Crippen LogP contribution in [0.5, 0.6) is 0 Å². The van der Waals surface area contributed by atoms with Crippen molar-refractivity contribution in [1.82, 2.24) is 4.98 Å². The second-order valence-electron chi connectivity index (χ2n) is 6.60. The summed E-state index contributed by atoms with van der Waals surface area (Å²) in [5, 5.41) is 2.77. The normalized spacial score (nSPS) is 10.7. The van der Waals surface area contributed by atoms with Crippen molar-refractivity contribution in [3.8, 4) is 0 Å². The molecule has 4 nitrogen and oxygen atoms in total. The minimum atomic E-state index is -0.342. The van der Waals surface area contributed by atoms with Gasteiger partial charge in [-0.2, -0.15) is 0 Å². The highest BCUT2D eigenvalue weighted by Gasteiger charge is 2.15. The molecule has 0 saturated carbocycles. The highest BCUT2D eigenvalue weighted by Crippen LogP contribution is 2.21. The van der Waals surface area contributed by atoms with Crippen LogP contribution in [-0.2, 0) is 6.54 Å². The molecule has 27 heavy (non-hydrogen) atoms. The fourth-order valence-electron chi connectivity index (χ4n) is 2.80. The number of carbonyl (C=O) groups excluding carboxylic acids is 1. The van der Waals surface area contributed by atoms with Crippen LogP contribution in [0.2, 0.25) is 0 Å². The number of nitrogens with one attached hydrogen (secondary N) is 1. The lowest BCUT2D eigenvalue weighted by atomic mass is 10.1. The largest absolute Gasteiger partial charge is 0.364 e. The van der Waals surface area contributed by atoms with Crippen molar-refractivity contribution in [2.45, 2.75) is 26.4 Å². The number of amides is 1. The summed E-state index contributed by atoms with van der Waals surface area (Å²) < 4.78 is 13.0. The summed E-state index contributed by atoms with van der Waals surface area (Å²) >= 11 is 0. The molecule has 0 radical (unpaired) electrons. The van der Waals surface area contributed by atoms with E-state index in [9.17, 15) is 9.18 Å². The third-order valence-corrected chi connectivity index (χ3v) is 4.24. The Balaban J connectivity index is 1.80. The number of anilines is 2. The maximum atomic E-state index is 13.0. The predicted molar refractivity (Wildman–Crippen MR) is 106 cm³/mol. The van der Waals surface area contributed by atoms with Crippen molar-refractivity contribution in [2.75, 3.05) is 10.2 Å².